The van der Waals surface area contributed by atoms with Crippen molar-refractivity contribution in [1.82, 2.24) is 0 Å². The van der Waals surface area contributed by atoms with Crippen LogP contribution < -0.4 is 4.90 Å². The lowest BCUT2D eigenvalue weighted by Crippen LogP contribution is -2.29. The van der Waals surface area contributed by atoms with Crippen LogP contribution >= 0.6 is 15.9 Å². The lowest BCUT2D eigenvalue weighted by atomic mass is 10.3. The average molecular weight is 336 g/mol. The standard InChI is InChI=1S/C11H14BrNO4S/c1-10(12)9-13(7-8-17-18(14,15)16)11-5-3-2-4-6-11/h2-6H,1,7-9H2,(H,14,15,16). The molecule has 0 aliphatic heterocycles. The van der Waals surface area contributed by atoms with Gasteiger partial charge >= 0.3 is 10.4 Å². The Labute approximate surface area is 115 Å². The van der Waals surface area contributed by atoms with Crippen LogP contribution in [0.25, 0.3) is 0 Å². The fraction of sp³-hybridized carbons (Fsp3) is 0.273. The van der Waals surface area contributed by atoms with Gasteiger partial charge in [0.1, 0.15) is 0 Å². The molecular weight excluding hydrogens is 322 g/mol. The Balaban J connectivity index is 2.65. The minimum atomic E-state index is -4.39. The van der Waals surface area contributed by atoms with Crippen LogP contribution in [0.4, 0.5) is 5.69 Å². The second-order valence-electron chi connectivity index (χ2n) is 3.52. The summed E-state index contributed by atoms with van der Waals surface area (Å²) in [4.78, 5) is 1.88. The molecule has 1 N–H and O–H groups in total. The van der Waals surface area contributed by atoms with E-state index in [-0.39, 0.29) is 6.61 Å². The summed E-state index contributed by atoms with van der Waals surface area (Å²) in [7, 11) is -4.39. The van der Waals surface area contributed by atoms with Gasteiger partial charge in [0.2, 0.25) is 0 Å². The van der Waals surface area contributed by atoms with E-state index in [0.29, 0.717) is 13.1 Å². The average Bonchev–Trinajstić information content (AvgIpc) is 2.27. The van der Waals surface area contributed by atoms with Crippen molar-refractivity contribution < 1.29 is 17.2 Å². The molecule has 0 fully saturated rings. The molecule has 100 valence electrons. The minimum Gasteiger partial charge on any atom is -0.364 e. The van der Waals surface area contributed by atoms with Crippen molar-refractivity contribution in [3.05, 3.63) is 41.4 Å². The van der Waals surface area contributed by atoms with E-state index in [1.807, 2.05) is 35.2 Å². The minimum absolute atomic E-state index is 0.131. The van der Waals surface area contributed by atoms with Crippen LogP contribution in [0.15, 0.2) is 41.4 Å². The normalized spacial score (nSPS) is 11.2. The third-order valence-corrected chi connectivity index (χ3v) is 2.79. The quantitative estimate of drug-likeness (QED) is 0.774. The zero-order chi connectivity index (χ0) is 13.6. The first-order chi connectivity index (χ1) is 8.38. The Bertz CT molecular complexity index is 489. The Morgan fingerprint density at radius 3 is 2.50 bits per heavy atom. The van der Waals surface area contributed by atoms with E-state index in [1.165, 1.54) is 0 Å². The Hall–Kier alpha value is -0.890. The largest absolute Gasteiger partial charge is 0.397 e. The smallest absolute Gasteiger partial charge is 0.364 e. The summed E-state index contributed by atoms with van der Waals surface area (Å²) in [5.41, 5.74) is 0.914. The number of halogens is 1. The molecule has 1 rings (SSSR count). The highest BCUT2D eigenvalue weighted by atomic mass is 79.9. The van der Waals surface area contributed by atoms with Gasteiger partial charge < -0.3 is 4.90 Å². The molecule has 5 nitrogen and oxygen atoms in total. The maximum atomic E-state index is 10.5. The first-order valence-corrected chi connectivity index (χ1v) is 7.29. The molecule has 18 heavy (non-hydrogen) atoms. The van der Waals surface area contributed by atoms with E-state index in [9.17, 15) is 8.42 Å². The maximum absolute atomic E-state index is 10.5. The molecule has 0 spiro atoms. The van der Waals surface area contributed by atoms with Crippen LogP contribution in [0.2, 0.25) is 0 Å². The third kappa shape index (κ3) is 6.15. The lowest BCUT2D eigenvalue weighted by molar-refractivity contribution is 0.274. The van der Waals surface area contributed by atoms with E-state index in [0.717, 1.165) is 10.2 Å². The van der Waals surface area contributed by atoms with Crippen LogP contribution in [-0.4, -0.2) is 32.7 Å². The van der Waals surface area contributed by atoms with Crippen LogP contribution in [-0.2, 0) is 14.6 Å². The van der Waals surface area contributed by atoms with Crippen LogP contribution in [0, 0.1) is 0 Å². The Kier molecular flexibility index (Phi) is 5.80. The highest BCUT2D eigenvalue weighted by Gasteiger charge is 2.09. The number of hydrogen-bond donors (Lipinski definition) is 1. The van der Waals surface area contributed by atoms with Gasteiger partial charge in [-0.05, 0) is 12.1 Å². The number of benzene rings is 1. The number of anilines is 1. The highest BCUT2D eigenvalue weighted by Crippen LogP contribution is 2.16. The maximum Gasteiger partial charge on any atom is 0.397 e. The molecule has 0 radical (unpaired) electrons. The summed E-state index contributed by atoms with van der Waals surface area (Å²) in [6, 6.07) is 9.43. The van der Waals surface area contributed by atoms with E-state index in [4.69, 9.17) is 4.55 Å². The van der Waals surface area contributed by atoms with Gasteiger partial charge in [-0.15, -0.1) is 0 Å². The molecule has 0 aliphatic carbocycles. The number of hydrogen-bond acceptors (Lipinski definition) is 4. The summed E-state index contributed by atoms with van der Waals surface area (Å²) in [6.07, 6.45) is 0. The second-order valence-corrected chi connectivity index (χ2v) is 5.74. The van der Waals surface area contributed by atoms with Gasteiger partial charge in [0.05, 0.1) is 6.61 Å². The molecule has 1 aromatic rings. The van der Waals surface area contributed by atoms with Crippen LogP contribution in [0.3, 0.4) is 0 Å². The van der Waals surface area contributed by atoms with Crippen LogP contribution in [0.1, 0.15) is 0 Å². The van der Waals surface area contributed by atoms with Gasteiger partial charge in [0.25, 0.3) is 0 Å². The highest BCUT2D eigenvalue weighted by molar-refractivity contribution is 9.11. The van der Waals surface area contributed by atoms with Crippen molar-refractivity contribution >= 4 is 32.0 Å². The number of nitrogens with zero attached hydrogens (tertiary/aromatic N) is 1. The Morgan fingerprint density at radius 1 is 1.39 bits per heavy atom. The van der Waals surface area contributed by atoms with Gasteiger partial charge in [0.15, 0.2) is 0 Å². The molecule has 0 aromatic heterocycles. The topological polar surface area (TPSA) is 66.8 Å². The molecule has 0 aliphatic rings. The molecule has 0 bridgehead atoms. The molecule has 0 heterocycles. The van der Waals surface area contributed by atoms with Crippen molar-refractivity contribution in [3.8, 4) is 0 Å². The van der Waals surface area contributed by atoms with Crippen LogP contribution in [0.5, 0.6) is 0 Å². The van der Waals surface area contributed by atoms with Gasteiger partial charge in [-0.25, -0.2) is 4.18 Å². The fourth-order valence-electron chi connectivity index (χ4n) is 1.40. The van der Waals surface area contributed by atoms with Crippen molar-refractivity contribution in [2.75, 3.05) is 24.6 Å². The zero-order valence-corrected chi connectivity index (χ0v) is 12.0. The van der Waals surface area contributed by atoms with E-state index >= 15 is 0 Å². The van der Waals surface area contributed by atoms with Gasteiger partial charge in [0, 0.05) is 23.3 Å². The molecule has 0 saturated heterocycles. The van der Waals surface area contributed by atoms with Gasteiger partial charge in [-0.2, -0.15) is 8.42 Å². The van der Waals surface area contributed by atoms with Crippen molar-refractivity contribution in [1.29, 1.82) is 0 Å². The first-order valence-electron chi connectivity index (χ1n) is 5.13. The Morgan fingerprint density at radius 2 is 2.00 bits per heavy atom. The SMILES string of the molecule is C=C(Br)CN(CCOS(=O)(=O)O)c1ccccc1. The predicted molar refractivity (Wildman–Crippen MR) is 74.2 cm³/mol. The summed E-state index contributed by atoms with van der Waals surface area (Å²) in [5, 5.41) is 0. The summed E-state index contributed by atoms with van der Waals surface area (Å²) in [6.45, 7) is 4.44. The van der Waals surface area contributed by atoms with Gasteiger partial charge in [-0.1, -0.05) is 40.7 Å². The van der Waals surface area contributed by atoms with E-state index < -0.39 is 10.4 Å². The summed E-state index contributed by atoms with van der Waals surface area (Å²) >= 11 is 3.26. The van der Waals surface area contributed by atoms with Crippen molar-refractivity contribution in [2.45, 2.75) is 0 Å². The molecule has 1 aromatic carbocycles. The molecule has 7 heteroatoms. The molecule has 0 saturated carbocycles. The molecule has 0 amide bonds. The monoisotopic (exact) mass is 335 g/mol. The summed E-state index contributed by atoms with van der Waals surface area (Å²) in [5.74, 6) is 0. The van der Waals surface area contributed by atoms with Crippen molar-refractivity contribution in [2.24, 2.45) is 0 Å². The number of rotatable bonds is 7. The van der Waals surface area contributed by atoms with Gasteiger partial charge in [-0.3, -0.25) is 4.55 Å². The summed E-state index contributed by atoms with van der Waals surface area (Å²) < 4.78 is 34.5. The number of para-hydroxylation sites is 1. The second kappa shape index (κ2) is 6.89. The molecule has 0 unspecified atom stereocenters. The fourth-order valence-corrected chi connectivity index (χ4v) is 1.99. The van der Waals surface area contributed by atoms with Crippen molar-refractivity contribution in [3.63, 3.8) is 0 Å². The third-order valence-electron chi connectivity index (χ3n) is 2.08. The lowest BCUT2D eigenvalue weighted by Gasteiger charge is -2.23. The van der Waals surface area contributed by atoms with E-state index in [1.54, 1.807) is 0 Å². The molecule has 0 atom stereocenters. The van der Waals surface area contributed by atoms with E-state index in [2.05, 4.69) is 26.7 Å². The first kappa shape index (κ1) is 15.2. The molecular formula is C11H14BrNO4S. The zero-order valence-electron chi connectivity index (χ0n) is 9.62. The predicted octanol–water partition coefficient (Wildman–Crippen LogP) is 2.22.